The Hall–Kier alpha value is -4.10. The maximum absolute atomic E-state index is 13.1. The number of sulfonamides is 1. The second-order valence-electron chi connectivity index (χ2n) is 8.78. The molecular weight excluding hydrogens is 585 g/mol. The lowest BCUT2D eigenvalue weighted by molar-refractivity contribution is -0.137. The predicted molar refractivity (Wildman–Crippen MR) is 149 cm³/mol. The van der Waals surface area contributed by atoms with E-state index in [1.165, 1.54) is 6.21 Å². The number of anilines is 1. The highest BCUT2D eigenvalue weighted by Gasteiger charge is 2.33. The monoisotopic (exact) mass is 610 g/mol. The SMILES string of the molecule is C[C@@H](NC(=O)COc1ccc(/C=N\NC(=O)CN(c2cc(C(F)(F)F)ccc2Cl)S(C)(=O)=O)cc1)c1ccccc1. The maximum Gasteiger partial charge on any atom is 0.416 e. The molecule has 0 aliphatic heterocycles. The molecule has 0 saturated heterocycles. The van der Waals surface area contributed by atoms with Gasteiger partial charge in [0.25, 0.3) is 11.8 Å². The number of rotatable bonds is 11. The smallest absolute Gasteiger partial charge is 0.416 e. The van der Waals surface area contributed by atoms with Crippen LogP contribution in [-0.4, -0.2) is 45.9 Å². The summed E-state index contributed by atoms with van der Waals surface area (Å²) in [7, 11) is -4.19. The molecule has 2 amide bonds. The fourth-order valence-electron chi connectivity index (χ4n) is 3.51. The molecule has 0 spiro atoms. The Morgan fingerprint density at radius 1 is 1.05 bits per heavy atom. The number of ether oxygens (including phenoxy) is 1. The highest BCUT2D eigenvalue weighted by molar-refractivity contribution is 7.92. The third-order valence-corrected chi connectivity index (χ3v) is 7.01. The molecule has 0 fully saturated rings. The number of hydrogen-bond acceptors (Lipinski definition) is 6. The normalized spacial score (nSPS) is 12.5. The third-order valence-electron chi connectivity index (χ3n) is 5.56. The molecule has 0 radical (unpaired) electrons. The van der Waals surface area contributed by atoms with E-state index in [2.05, 4.69) is 15.8 Å². The summed E-state index contributed by atoms with van der Waals surface area (Å²) < 4.78 is 69.8. The van der Waals surface area contributed by atoms with Gasteiger partial charge in [-0.3, -0.25) is 13.9 Å². The number of nitrogens with one attached hydrogen (secondary N) is 2. The van der Waals surface area contributed by atoms with Crippen LogP contribution in [0.1, 0.15) is 29.7 Å². The van der Waals surface area contributed by atoms with E-state index in [0.29, 0.717) is 27.8 Å². The fourth-order valence-corrected chi connectivity index (χ4v) is 4.64. The molecule has 3 aromatic rings. The Labute approximate surface area is 240 Å². The first kappa shape index (κ1) is 31.4. The van der Waals surface area contributed by atoms with E-state index >= 15 is 0 Å². The minimum Gasteiger partial charge on any atom is -0.484 e. The lowest BCUT2D eigenvalue weighted by atomic mass is 10.1. The van der Waals surface area contributed by atoms with Crippen LogP contribution in [0.3, 0.4) is 0 Å². The van der Waals surface area contributed by atoms with E-state index in [0.717, 1.165) is 17.9 Å². The Balaban J connectivity index is 1.55. The van der Waals surface area contributed by atoms with Crippen molar-refractivity contribution in [3.05, 3.63) is 94.5 Å². The molecule has 0 aromatic heterocycles. The van der Waals surface area contributed by atoms with Crippen molar-refractivity contribution in [2.24, 2.45) is 5.10 Å². The Morgan fingerprint density at radius 2 is 1.71 bits per heavy atom. The molecule has 0 unspecified atom stereocenters. The number of halogens is 4. The number of alkyl halides is 3. The lowest BCUT2D eigenvalue weighted by Gasteiger charge is -2.23. The first-order valence-corrected chi connectivity index (χ1v) is 14.2. The zero-order valence-electron chi connectivity index (χ0n) is 21.9. The average molecular weight is 611 g/mol. The van der Waals surface area contributed by atoms with Crippen molar-refractivity contribution in [1.29, 1.82) is 0 Å². The summed E-state index contributed by atoms with van der Waals surface area (Å²) >= 11 is 5.95. The molecule has 1 atom stereocenters. The summed E-state index contributed by atoms with van der Waals surface area (Å²) in [5.41, 5.74) is 1.99. The van der Waals surface area contributed by atoms with E-state index in [-0.39, 0.29) is 23.6 Å². The van der Waals surface area contributed by atoms with Gasteiger partial charge in [0.2, 0.25) is 10.0 Å². The van der Waals surface area contributed by atoms with E-state index in [1.54, 1.807) is 24.3 Å². The second-order valence-corrected chi connectivity index (χ2v) is 11.1. The highest BCUT2D eigenvalue weighted by Crippen LogP contribution is 2.36. The van der Waals surface area contributed by atoms with Crippen molar-refractivity contribution in [3.8, 4) is 5.75 Å². The molecule has 14 heteroatoms. The largest absolute Gasteiger partial charge is 0.484 e. The van der Waals surface area contributed by atoms with Crippen molar-refractivity contribution >= 4 is 45.3 Å². The standard InChI is InChI=1S/C27H26ClF3N4O5S/c1-18(20-6-4-3-5-7-20)33-26(37)17-40-22-11-8-19(9-12-22)15-32-34-25(36)16-35(41(2,38)39)24-14-21(27(29,30)31)10-13-23(24)28/h3-15,18H,16-17H2,1-2H3,(H,33,37)(H,34,36)/b32-15-/t18-/m1/s1. The van der Waals surface area contributed by atoms with Crippen LogP contribution in [0.25, 0.3) is 0 Å². The van der Waals surface area contributed by atoms with Crippen molar-refractivity contribution in [2.75, 3.05) is 23.7 Å². The molecule has 2 N–H and O–H groups in total. The fraction of sp³-hybridized carbons (Fsp3) is 0.222. The predicted octanol–water partition coefficient (Wildman–Crippen LogP) is 4.53. The number of amides is 2. The summed E-state index contributed by atoms with van der Waals surface area (Å²) in [4.78, 5) is 24.6. The van der Waals surface area contributed by atoms with Gasteiger partial charge < -0.3 is 10.1 Å². The van der Waals surface area contributed by atoms with Crippen LogP contribution in [0.4, 0.5) is 18.9 Å². The lowest BCUT2D eigenvalue weighted by Crippen LogP contribution is -2.39. The summed E-state index contributed by atoms with van der Waals surface area (Å²) in [5, 5.41) is 6.30. The molecule has 3 aromatic carbocycles. The topological polar surface area (TPSA) is 117 Å². The highest BCUT2D eigenvalue weighted by atomic mass is 35.5. The summed E-state index contributed by atoms with van der Waals surface area (Å²) in [6, 6.07) is 17.8. The van der Waals surface area contributed by atoms with Crippen LogP contribution >= 0.6 is 11.6 Å². The van der Waals surface area contributed by atoms with Gasteiger partial charge in [-0.1, -0.05) is 41.9 Å². The first-order chi connectivity index (χ1) is 19.2. The molecule has 218 valence electrons. The number of hydrazone groups is 1. The van der Waals surface area contributed by atoms with Crippen molar-refractivity contribution in [2.45, 2.75) is 19.1 Å². The van der Waals surface area contributed by atoms with Gasteiger partial charge in [-0.25, -0.2) is 13.8 Å². The number of nitrogens with zero attached hydrogens (tertiary/aromatic N) is 2. The van der Waals surface area contributed by atoms with Gasteiger partial charge in [-0.05, 0) is 60.5 Å². The summed E-state index contributed by atoms with van der Waals surface area (Å²) in [6.07, 6.45) is -2.75. The van der Waals surface area contributed by atoms with Crippen LogP contribution in [0, 0.1) is 0 Å². The number of benzene rings is 3. The summed E-state index contributed by atoms with van der Waals surface area (Å²) in [6.45, 7) is 0.793. The molecule has 0 aliphatic carbocycles. The zero-order valence-corrected chi connectivity index (χ0v) is 23.4. The van der Waals surface area contributed by atoms with E-state index < -0.39 is 39.9 Å². The van der Waals surface area contributed by atoms with Crippen LogP contribution in [0.5, 0.6) is 5.75 Å². The second kappa shape index (κ2) is 13.5. The average Bonchev–Trinajstić information content (AvgIpc) is 2.91. The maximum atomic E-state index is 13.1. The Kier molecular flexibility index (Phi) is 10.4. The van der Waals surface area contributed by atoms with Crippen LogP contribution < -0.4 is 19.8 Å². The van der Waals surface area contributed by atoms with Crippen molar-refractivity contribution in [3.63, 3.8) is 0 Å². The number of hydrogen-bond donors (Lipinski definition) is 2. The van der Waals surface area contributed by atoms with Crippen LogP contribution in [0.15, 0.2) is 77.9 Å². The van der Waals surface area contributed by atoms with Gasteiger partial charge in [0, 0.05) is 0 Å². The van der Waals surface area contributed by atoms with Crippen molar-refractivity contribution in [1.82, 2.24) is 10.7 Å². The Bertz CT molecular complexity index is 1500. The molecule has 41 heavy (non-hydrogen) atoms. The molecule has 9 nitrogen and oxygen atoms in total. The molecule has 0 saturated carbocycles. The molecule has 0 heterocycles. The molecule has 0 aliphatic rings. The number of carbonyl (C=O) groups is 2. The molecule has 3 rings (SSSR count). The van der Waals surface area contributed by atoms with Gasteiger partial charge in [0.05, 0.1) is 34.8 Å². The van der Waals surface area contributed by atoms with Crippen LogP contribution in [0.2, 0.25) is 5.02 Å². The van der Waals surface area contributed by atoms with Gasteiger partial charge >= 0.3 is 6.18 Å². The molecule has 0 bridgehead atoms. The molecular formula is C27H26ClF3N4O5S. The number of carbonyl (C=O) groups excluding carboxylic acids is 2. The third kappa shape index (κ3) is 9.50. The van der Waals surface area contributed by atoms with Crippen LogP contribution in [-0.2, 0) is 25.8 Å². The first-order valence-electron chi connectivity index (χ1n) is 12.0. The van der Waals surface area contributed by atoms with E-state index in [9.17, 15) is 31.2 Å². The van der Waals surface area contributed by atoms with Gasteiger partial charge in [0.15, 0.2) is 6.61 Å². The minimum absolute atomic E-state index is 0.187. The minimum atomic E-state index is -4.75. The van der Waals surface area contributed by atoms with Gasteiger partial charge in [0.1, 0.15) is 12.3 Å². The quantitative estimate of drug-likeness (QED) is 0.244. The summed E-state index contributed by atoms with van der Waals surface area (Å²) in [5.74, 6) is -0.810. The van der Waals surface area contributed by atoms with E-state index in [4.69, 9.17) is 16.3 Å². The van der Waals surface area contributed by atoms with E-state index in [1.807, 2.05) is 37.3 Å². The van der Waals surface area contributed by atoms with Gasteiger partial charge in [-0.15, -0.1) is 0 Å². The zero-order chi connectivity index (χ0) is 30.2. The van der Waals surface area contributed by atoms with Crippen molar-refractivity contribution < 1.29 is 35.9 Å². The Morgan fingerprint density at radius 3 is 2.32 bits per heavy atom. The van der Waals surface area contributed by atoms with Gasteiger partial charge in [-0.2, -0.15) is 18.3 Å².